The van der Waals surface area contributed by atoms with Gasteiger partial charge in [0, 0.05) is 38.3 Å². The number of hydrogen-bond donors (Lipinski definition) is 1. The Hall–Kier alpha value is -1.33. The van der Waals surface area contributed by atoms with Gasteiger partial charge in [0.15, 0.2) is 0 Å². The van der Waals surface area contributed by atoms with Crippen LogP contribution in [0.4, 0.5) is 0 Å². The summed E-state index contributed by atoms with van der Waals surface area (Å²) in [5.74, 6) is 0. The minimum atomic E-state index is -0.119. The highest BCUT2D eigenvalue weighted by Crippen LogP contribution is 2.25. The summed E-state index contributed by atoms with van der Waals surface area (Å²) in [7, 11) is 3.78. The molecule has 2 aromatic heterocycles. The predicted octanol–water partition coefficient (Wildman–Crippen LogP) is 1.67. The topological polar surface area (TPSA) is 61.7 Å². The normalized spacial score (nSPS) is 13.0. The molecule has 1 unspecified atom stereocenters. The van der Waals surface area contributed by atoms with Crippen LogP contribution in [0.2, 0.25) is 5.02 Å². The van der Waals surface area contributed by atoms with E-state index >= 15 is 0 Å². The largest absolute Gasteiger partial charge is 0.324 e. The molecule has 2 N–H and O–H groups in total. The first-order chi connectivity index (χ1) is 8.40. The van der Waals surface area contributed by atoms with Crippen LogP contribution in [-0.4, -0.2) is 19.6 Å². The lowest BCUT2D eigenvalue weighted by molar-refractivity contribution is 0.637. The van der Waals surface area contributed by atoms with E-state index in [9.17, 15) is 0 Å². The molecule has 18 heavy (non-hydrogen) atoms. The van der Waals surface area contributed by atoms with E-state index in [1.165, 1.54) is 0 Å². The molecule has 0 bridgehead atoms. The number of nitrogens with zero attached hydrogens (tertiary/aromatic N) is 4. The lowest BCUT2D eigenvalue weighted by Crippen LogP contribution is -2.16. The number of rotatable bonds is 3. The van der Waals surface area contributed by atoms with Crippen molar-refractivity contribution in [3.63, 3.8) is 0 Å². The summed E-state index contributed by atoms with van der Waals surface area (Å²) in [5, 5.41) is 9.30. The van der Waals surface area contributed by atoms with Crippen LogP contribution >= 0.6 is 11.6 Å². The highest BCUT2D eigenvalue weighted by Gasteiger charge is 2.18. The summed E-state index contributed by atoms with van der Waals surface area (Å²) >= 11 is 6.23. The molecule has 6 heteroatoms. The molecule has 0 amide bonds. The molecule has 0 saturated carbocycles. The first kappa shape index (κ1) is 13.1. The van der Waals surface area contributed by atoms with Gasteiger partial charge >= 0.3 is 0 Å². The van der Waals surface area contributed by atoms with Gasteiger partial charge in [0.25, 0.3) is 0 Å². The van der Waals surface area contributed by atoms with Crippen LogP contribution in [0.25, 0.3) is 0 Å². The first-order valence-electron chi connectivity index (χ1n) is 5.83. The van der Waals surface area contributed by atoms with E-state index in [0.717, 1.165) is 22.6 Å². The summed E-state index contributed by atoms with van der Waals surface area (Å²) < 4.78 is 3.57. The average molecular weight is 268 g/mol. The zero-order valence-corrected chi connectivity index (χ0v) is 11.9. The lowest BCUT2D eigenvalue weighted by atomic mass is 10.0. The standard InChI is InChI=1S/C12H18ClN5/c1-7-9(6-17(3)15-7)10(14)5-11-12(13)8(2)16-18(11)4/h6,10H,5,14H2,1-4H3. The van der Waals surface area contributed by atoms with E-state index in [2.05, 4.69) is 10.2 Å². The van der Waals surface area contributed by atoms with Crippen LogP contribution in [0.1, 0.15) is 28.7 Å². The molecule has 0 radical (unpaired) electrons. The van der Waals surface area contributed by atoms with Crippen molar-refractivity contribution in [1.29, 1.82) is 0 Å². The smallest absolute Gasteiger partial charge is 0.0847 e. The molecule has 0 fully saturated rings. The van der Waals surface area contributed by atoms with Crippen molar-refractivity contribution >= 4 is 11.6 Å². The van der Waals surface area contributed by atoms with Crippen molar-refractivity contribution in [3.8, 4) is 0 Å². The van der Waals surface area contributed by atoms with E-state index in [0.29, 0.717) is 11.4 Å². The second kappa shape index (κ2) is 4.74. The fourth-order valence-electron chi connectivity index (χ4n) is 2.20. The maximum atomic E-state index is 6.24. The van der Waals surface area contributed by atoms with Crippen molar-refractivity contribution in [2.75, 3.05) is 0 Å². The van der Waals surface area contributed by atoms with Crippen molar-refractivity contribution in [2.24, 2.45) is 19.8 Å². The van der Waals surface area contributed by atoms with Crippen LogP contribution in [0.5, 0.6) is 0 Å². The van der Waals surface area contributed by atoms with Gasteiger partial charge in [0.2, 0.25) is 0 Å². The molecule has 2 aromatic rings. The van der Waals surface area contributed by atoms with Gasteiger partial charge in [-0.15, -0.1) is 0 Å². The van der Waals surface area contributed by atoms with E-state index in [1.807, 2.05) is 34.1 Å². The highest BCUT2D eigenvalue weighted by atomic mass is 35.5. The average Bonchev–Trinajstić information content (AvgIpc) is 2.73. The zero-order chi connectivity index (χ0) is 13.4. The second-order valence-corrected chi connectivity index (χ2v) is 5.00. The Morgan fingerprint density at radius 1 is 1.28 bits per heavy atom. The van der Waals surface area contributed by atoms with Gasteiger partial charge in [-0.05, 0) is 13.8 Å². The Balaban J connectivity index is 2.26. The number of hydrogen-bond acceptors (Lipinski definition) is 3. The van der Waals surface area contributed by atoms with Gasteiger partial charge in [-0.3, -0.25) is 9.36 Å². The molecule has 98 valence electrons. The van der Waals surface area contributed by atoms with Crippen LogP contribution < -0.4 is 5.73 Å². The van der Waals surface area contributed by atoms with Crippen molar-refractivity contribution in [1.82, 2.24) is 19.6 Å². The van der Waals surface area contributed by atoms with Crippen LogP contribution in [0.15, 0.2) is 6.20 Å². The Labute approximate surface area is 112 Å². The second-order valence-electron chi connectivity index (χ2n) is 4.62. The SMILES string of the molecule is Cc1nn(C)cc1C(N)Cc1c(Cl)c(C)nn1C. The van der Waals surface area contributed by atoms with E-state index in [-0.39, 0.29) is 6.04 Å². The number of aromatic nitrogens is 4. The third kappa shape index (κ3) is 2.28. The molecule has 1 atom stereocenters. The van der Waals surface area contributed by atoms with E-state index in [4.69, 9.17) is 17.3 Å². The number of nitrogens with two attached hydrogens (primary N) is 1. The fourth-order valence-corrected chi connectivity index (χ4v) is 2.44. The van der Waals surface area contributed by atoms with E-state index in [1.54, 1.807) is 9.36 Å². The van der Waals surface area contributed by atoms with Crippen molar-refractivity contribution in [3.05, 3.63) is 33.9 Å². The summed E-state index contributed by atoms with van der Waals surface area (Å²) in [5.41, 5.74) is 10.0. The van der Waals surface area contributed by atoms with Crippen molar-refractivity contribution in [2.45, 2.75) is 26.3 Å². The molecule has 0 spiro atoms. The molecular weight excluding hydrogens is 250 g/mol. The molecule has 0 saturated heterocycles. The minimum Gasteiger partial charge on any atom is -0.324 e. The molecule has 2 rings (SSSR count). The van der Waals surface area contributed by atoms with E-state index < -0.39 is 0 Å². The maximum absolute atomic E-state index is 6.24. The van der Waals surface area contributed by atoms with Gasteiger partial charge in [0.1, 0.15) is 0 Å². The Bertz CT molecular complexity index is 569. The first-order valence-corrected chi connectivity index (χ1v) is 6.21. The maximum Gasteiger partial charge on any atom is 0.0847 e. The minimum absolute atomic E-state index is 0.119. The molecule has 0 aromatic carbocycles. The van der Waals surface area contributed by atoms with Crippen LogP contribution in [0.3, 0.4) is 0 Å². The monoisotopic (exact) mass is 267 g/mol. The molecule has 5 nitrogen and oxygen atoms in total. The van der Waals surface area contributed by atoms with Gasteiger partial charge in [-0.2, -0.15) is 10.2 Å². The van der Waals surface area contributed by atoms with Crippen LogP contribution in [-0.2, 0) is 20.5 Å². The predicted molar refractivity (Wildman–Crippen MR) is 71.5 cm³/mol. The van der Waals surface area contributed by atoms with Gasteiger partial charge in [-0.25, -0.2) is 0 Å². The molecule has 2 heterocycles. The Kier molecular flexibility index (Phi) is 3.45. The summed E-state index contributed by atoms with van der Waals surface area (Å²) in [4.78, 5) is 0. The van der Waals surface area contributed by atoms with Crippen molar-refractivity contribution < 1.29 is 0 Å². The van der Waals surface area contributed by atoms with Gasteiger partial charge in [0.05, 0.1) is 22.1 Å². The molecular formula is C12H18ClN5. The summed E-state index contributed by atoms with van der Waals surface area (Å²) in [6, 6.07) is -0.119. The molecule has 0 aliphatic rings. The van der Waals surface area contributed by atoms with Gasteiger partial charge in [-0.1, -0.05) is 11.6 Å². The summed E-state index contributed by atoms with van der Waals surface area (Å²) in [6.45, 7) is 3.86. The third-order valence-electron chi connectivity index (χ3n) is 3.13. The number of halogens is 1. The molecule has 0 aliphatic heterocycles. The Morgan fingerprint density at radius 2 is 1.94 bits per heavy atom. The molecule has 0 aliphatic carbocycles. The summed E-state index contributed by atoms with van der Waals surface area (Å²) in [6.07, 6.45) is 2.61. The fraction of sp³-hybridized carbons (Fsp3) is 0.500. The highest BCUT2D eigenvalue weighted by molar-refractivity contribution is 6.31. The lowest BCUT2D eigenvalue weighted by Gasteiger charge is -2.11. The zero-order valence-electron chi connectivity index (χ0n) is 11.1. The number of aryl methyl sites for hydroxylation is 4. The quantitative estimate of drug-likeness (QED) is 0.920. The third-order valence-corrected chi connectivity index (χ3v) is 3.62. The Morgan fingerprint density at radius 3 is 2.39 bits per heavy atom. The van der Waals surface area contributed by atoms with Gasteiger partial charge < -0.3 is 5.73 Å². The van der Waals surface area contributed by atoms with Crippen LogP contribution in [0, 0.1) is 13.8 Å².